The first kappa shape index (κ1) is 22.9. The van der Waals surface area contributed by atoms with Crippen molar-refractivity contribution in [1.29, 1.82) is 0 Å². The van der Waals surface area contributed by atoms with Crippen molar-refractivity contribution >= 4 is 23.1 Å². The van der Waals surface area contributed by atoms with Crippen LogP contribution in [0.4, 0.5) is 0 Å². The molecule has 4 aliphatic rings. The molecule has 182 valence electrons. The van der Waals surface area contributed by atoms with Gasteiger partial charge in [-0.05, 0) is 0 Å². The van der Waals surface area contributed by atoms with E-state index in [1.807, 2.05) is 0 Å². The van der Waals surface area contributed by atoms with Gasteiger partial charge in [-0.25, -0.2) is 0 Å². The number of hydrogen-bond donors (Lipinski definition) is 0. The Bertz CT molecular complexity index is 1310. The van der Waals surface area contributed by atoms with Crippen molar-refractivity contribution in [3.05, 3.63) is 93.1 Å². The lowest BCUT2D eigenvalue weighted by atomic mass is 9.67. The van der Waals surface area contributed by atoms with Gasteiger partial charge in [0.05, 0.1) is 25.0 Å². The number of ether oxygens (including phenoxy) is 4. The van der Waals surface area contributed by atoms with Crippen LogP contribution in [-0.4, -0.2) is 63.1 Å². The highest BCUT2D eigenvalue weighted by Gasteiger charge is 2.53. The molecule has 8 nitrogen and oxygen atoms in total. The second-order valence-corrected chi connectivity index (χ2v) is 9.07. The van der Waals surface area contributed by atoms with Crippen molar-refractivity contribution in [3.63, 3.8) is 0 Å². The van der Waals surface area contributed by atoms with Crippen LogP contribution in [0, 0.1) is 11.8 Å². The molecule has 8 heteroatoms. The van der Waals surface area contributed by atoms with E-state index < -0.39 is 24.4 Å². The highest BCUT2D eigenvalue weighted by atomic mass is 16.7. The van der Waals surface area contributed by atoms with Gasteiger partial charge in [0.1, 0.15) is 0 Å². The Morgan fingerprint density at radius 1 is 0.583 bits per heavy atom. The zero-order valence-corrected chi connectivity index (χ0v) is 19.6. The minimum absolute atomic E-state index is 0.115. The molecule has 0 saturated heterocycles. The SMILES string of the molecule is COC1OCC2=C(C(=O)c3ccccc3C2=O)C1C1C2=C(COC1OC)C(=O)c1ccccc1C2=O. The van der Waals surface area contributed by atoms with E-state index >= 15 is 0 Å². The molecule has 0 fully saturated rings. The summed E-state index contributed by atoms with van der Waals surface area (Å²) < 4.78 is 23.1. The lowest BCUT2D eigenvalue weighted by Gasteiger charge is -2.45. The smallest absolute Gasteiger partial charge is 0.192 e. The molecule has 2 aromatic rings. The number of fused-ring (bicyclic) bond motifs is 2. The van der Waals surface area contributed by atoms with Gasteiger partial charge in [0.25, 0.3) is 0 Å². The van der Waals surface area contributed by atoms with E-state index in [-0.39, 0.29) is 69.8 Å². The lowest BCUT2D eigenvalue weighted by Crippen LogP contribution is -2.51. The number of benzene rings is 2. The van der Waals surface area contributed by atoms with Crippen molar-refractivity contribution in [3.8, 4) is 0 Å². The largest absolute Gasteiger partial charge is 0.355 e. The first-order chi connectivity index (χ1) is 17.5. The van der Waals surface area contributed by atoms with Gasteiger partial charge in [0.2, 0.25) is 0 Å². The Morgan fingerprint density at radius 2 is 0.917 bits per heavy atom. The predicted octanol–water partition coefficient (Wildman–Crippen LogP) is 2.98. The van der Waals surface area contributed by atoms with Crippen LogP contribution in [0.25, 0.3) is 0 Å². The number of ketones is 4. The minimum Gasteiger partial charge on any atom is -0.355 e. The molecular weight excluding hydrogens is 464 g/mol. The fourth-order valence-electron chi connectivity index (χ4n) is 5.82. The molecule has 2 aliphatic heterocycles. The first-order valence-corrected chi connectivity index (χ1v) is 11.6. The van der Waals surface area contributed by atoms with Crippen molar-refractivity contribution in [1.82, 2.24) is 0 Å². The summed E-state index contributed by atoms with van der Waals surface area (Å²) in [4.78, 5) is 54.5. The highest BCUT2D eigenvalue weighted by Crippen LogP contribution is 2.48. The fraction of sp³-hybridized carbons (Fsp3) is 0.286. The fourth-order valence-corrected chi connectivity index (χ4v) is 5.82. The number of Topliss-reactive ketones (excluding diaryl/α,β-unsaturated/α-hetero) is 4. The zero-order chi connectivity index (χ0) is 25.1. The molecule has 0 radical (unpaired) electrons. The quantitative estimate of drug-likeness (QED) is 0.652. The second-order valence-electron chi connectivity index (χ2n) is 9.07. The average molecular weight is 486 g/mol. The van der Waals surface area contributed by atoms with E-state index in [9.17, 15) is 19.2 Å². The van der Waals surface area contributed by atoms with Crippen LogP contribution >= 0.6 is 0 Å². The molecule has 2 heterocycles. The van der Waals surface area contributed by atoms with E-state index in [4.69, 9.17) is 18.9 Å². The van der Waals surface area contributed by atoms with Gasteiger partial charge in [-0.2, -0.15) is 0 Å². The van der Waals surface area contributed by atoms with Crippen LogP contribution < -0.4 is 0 Å². The summed E-state index contributed by atoms with van der Waals surface area (Å²) in [6, 6.07) is 13.2. The lowest BCUT2D eigenvalue weighted by molar-refractivity contribution is -0.204. The monoisotopic (exact) mass is 486 g/mol. The molecule has 36 heavy (non-hydrogen) atoms. The molecule has 0 saturated carbocycles. The van der Waals surface area contributed by atoms with E-state index in [0.717, 1.165) is 0 Å². The highest BCUT2D eigenvalue weighted by molar-refractivity contribution is 6.29. The van der Waals surface area contributed by atoms with Crippen LogP contribution in [0.5, 0.6) is 0 Å². The molecule has 0 aromatic heterocycles. The maximum atomic E-state index is 13.8. The van der Waals surface area contributed by atoms with Crippen LogP contribution in [0.2, 0.25) is 0 Å². The Hall–Kier alpha value is -3.56. The van der Waals surface area contributed by atoms with Crippen molar-refractivity contribution in [2.24, 2.45) is 11.8 Å². The number of carbonyl (C=O) groups is 4. The van der Waals surface area contributed by atoms with E-state index in [0.29, 0.717) is 11.1 Å². The van der Waals surface area contributed by atoms with Crippen LogP contribution in [0.15, 0.2) is 70.8 Å². The summed E-state index contributed by atoms with van der Waals surface area (Å²) in [6.07, 6.45) is -1.96. The third-order valence-electron chi connectivity index (χ3n) is 7.41. The summed E-state index contributed by atoms with van der Waals surface area (Å²) in [5.74, 6) is -3.16. The van der Waals surface area contributed by atoms with Gasteiger partial charge in [-0.15, -0.1) is 0 Å². The summed E-state index contributed by atoms with van der Waals surface area (Å²) in [6.45, 7) is -0.230. The molecule has 0 amide bonds. The minimum atomic E-state index is -0.982. The molecule has 0 N–H and O–H groups in total. The maximum absolute atomic E-state index is 13.8. The van der Waals surface area contributed by atoms with Gasteiger partial charge < -0.3 is 18.9 Å². The van der Waals surface area contributed by atoms with Gasteiger partial charge in [-0.1, -0.05) is 48.5 Å². The summed E-state index contributed by atoms with van der Waals surface area (Å²) >= 11 is 0. The summed E-state index contributed by atoms with van der Waals surface area (Å²) in [7, 11) is 2.85. The van der Waals surface area contributed by atoms with Crippen LogP contribution in [0.1, 0.15) is 41.4 Å². The Kier molecular flexibility index (Phi) is 5.42. The molecule has 4 atom stereocenters. The molecule has 0 spiro atoms. The van der Waals surface area contributed by atoms with Gasteiger partial charge in [-0.3, -0.25) is 19.2 Å². The topological polar surface area (TPSA) is 105 Å². The van der Waals surface area contributed by atoms with Gasteiger partial charge in [0, 0.05) is 58.8 Å². The van der Waals surface area contributed by atoms with Crippen molar-refractivity contribution in [2.75, 3.05) is 27.4 Å². The van der Waals surface area contributed by atoms with E-state index in [1.165, 1.54) is 14.2 Å². The summed E-state index contributed by atoms with van der Waals surface area (Å²) in [5, 5.41) is 0. The molecule has 0 bridgehead atoms. The number of carbonyl (C=O) groups excluding carboxylic acids is 4. The number of hydrogen-bond acceptors (Lipinski definition) is 8. The first-order valence-electron chi connectivity index (χ1n) is 11.6. The molecular formula is C28H22O8. The van der Waals surface area contributed by atoms with Crippen LogP contribution in [-0.2, 0) is 18.9 Å². The molecule has 4 unspecified atom stereocenters. The Balaban J connectivity index is 1.57. The molecule has 6 rings (SSSR count). The number of rotatable bonds is 3. The maximum Gasteiger partial charge on any atom is 0.192 e. The van der Waals surface area contributed by atoms with E-state index in [2.05, 4.69) is 0 Å². The van der Waals surface area contributed by atoms with Gasteiger partial charge >= 0.3 is 0 Å². The zero-order valence-electron chi connectivity index (χ0n) is 19.6. The van der Waals surface area contributed by atoms with Crippen LogP contribution in [0.3, 0.4) is 0 Å². The average Bonchev–Trinajstić information content (AvgIpc) is 2.93. The third kappa shape index (κ3) is 3.09. The molecule has 2 aromatic carbocycles. The number of methoxy groups -OCH3 is 2. The second kappa shape index (κ2) is 8.53. The van der Waals surface area contributed by atoms with Crippen molar-refractivity contribution < 1.29 is 38.1 Å². The third-order valence-corrected chi connectivity index (χ3v) is 7.41. The normalized spacial score (nSPS) is 27.5. The standard InChI is InChI=1S/C28H22O8/c1-33-27-21(19-17(11-35-27)23(29)13-7-3-5-9-15(13)25(19)31)22-20-18(12-36-28(22)34-2)24(30)14-8-4-6-10-16(14)26(20)32/h3-10,21-22,27-28H,11-12H2,1-2H3. The Morgan fingerprint density at radius 3 is 1.25 bits per heavy atom. The van der Waals surface area contributed by atoms with Gasteiger partial charge in [0.15, 0.2) is 35.7 Å². The Labute approximate surface area is 206 Å². The van der Waals surface area contributed by atoms with Crippen molar-refractivity contribution in [2.45, 2.75) is 12.6 Å². The van der Waals surface area contributed by atoms with E-state index in [1.54, 1.807) is 48.5 Å². The summed E-state index contributed by atoms with van der Waals surface area (Å²) in [5.41, 5.74) is 2.02. The molecule has 2 aliphatic carbocycles. The predicted molar refractivity (Wildman–Crippen MR) is 125 cm³/mol.